The van der Waals surface area contributed by atoms with Crippen molar-refractivity contribution in [3.8, 4) is 17.2 Å². The molecule has 0 fully saturated rings. The van der Waals surface area contributed by atoms with Crippen molar-refractivity contribution in [2.75, 3.05) is 12.9 Å². The van der Waals surface area contributed by atoms with Gasteiger partial charge < -0.3 is 14.5 Å². The maximum absolute atomic E-state index is 12.1. The molecule has 28 heavy (non-hydrogen) atoms. The molecule has 6 heteroatoms. The monoisotopic (exact) mass is 396 g/mol. The molecule has 0 aliphatic heterocycles. The number of nitrogens with one attached hydrogen (secondary N) is 1. The van der Waals surface area contributed by atoms with Crippen molar-refractivity contribution in [1.82, 2.24) is 10.3 Å². The molecule has 0 atom stereocenters. The molecular formula is C22H24N2O3S. The van der Waals surface area contributed by atoms with Crippen LogP contribution in [0, 0.1) is 13.8 Å². The summed E-state index contributed by atoms with van der Waals surface area (Å²) in [6.07, 6.45) is 0. The van der Waals surface area contributed by atoms with Crippen LogP contribution in [0.15, 0.2) is 52.9 Å². The second kappa shape index (κ2) is 9.46. The van der Waals surface area contributed by atoms with Crippen molar-refractivity contribution in [3.05, 3.63) is 71.1 Å². The van der Waals surface area contributed by atoms with Crippen LogP contribution >= 0.6 is 11.8 Å². The zero-order valence-corrected chi connectivity index (χ0v) is 17.1. The molecule has 146 valence electrons. The Morgan fingerprint density at radius 2 is 1.89 bits per heavy atom. The number of amides is 1. The fourth-order valence-electron chi connectivity index (χ4n) is 2.82. The summed E-state index contributed by atoms with van der Waals surface area (Å²) >= 11 is 1.52. The molecule has 0 spiro atoms. The number of para-hydroxylation sites is 1. The lowest BCUT2D eigenvalue weighted by molar-refractivity contribution is -0.118. The third-order valence-electron chi connectivity index (χ3n) is 4.41. The molecule has 0 saturated carbocycles. The summed E-state index contributed by atoms with van der Waals surface area (Å²) in [5.74, 6) is 3.17. The van der Waals surface area contributed by atoms with Crippen molar-refractivity contribution in [3.63, 3.8) is 0 Å². The third-order valence-corrected chi connectivity index (χ3v) is 5.35. The Kier molecular flexibility index (Phi) is 6.76. The van der Waals surface area contributed by atoms with Gasteiger partial charge in [0.25, 0.3) is 0 Å². The molecule has 3 rings (SSSR count). The van der Waals surface area contributed by atoms with Gasteiger partial charge >= 0.3 is 0 Å². The van der Waals surface area contributed by atoms with Gasteiger partial charge in [-0.05, 0) is 31.5 Å². The summed E-state index contributed by atoms with van der Waals surface area (Å²) in [5.41, 5.74) is 3.95. The molecule has 0 radical (unpaired) electrons. The number of thioether (sulfide) groups is 1. The second-order valence-corrected chi connectivity index (χ2v) is 7.40. The Bertz CT molecular complexity index is 952. The topological polar surface area (TPSA) is 64.4 Å². The Labute approximate surface area is 169 Å². The van der Waals surface area contributed by atoms with Crippen molar-refractivity contribution in [1.29, 1.82) is 0 Å². The van der Waals surface area contributed by atoms with Gasteiger partial charge in [-0.1, -0.05) is 36.4 Å². The van der Waals surface area contributed by atoms with E-state index in [1.54, 1.807) is 7.11 Å². The predicted molar refractivity (Wildman–Crippen MR) is 112 cm³/mol. The van der Waals surface area contributed by atoms with Crippen LogP contribution in [-0.2, 0) is 17.1 Å². The van der Waals surface area contributed by atoms with E-state index < -0.39 is 0 Å². The van der Waals surface area contributed by atoms with Crippen LogP contribution in [0.1, 0.15) is 22.6 Å². The normalized spacial score (nSPS) is 10.7. The third kappa shape index (κ3) is 4.95. The molecule has 1 amide bonds. The molecule has 5 nitrogen and oxygen atoms in total. The average Bonchev–Trinajstić information content (AvgIpc) is 3.07. The number of hydrogen-bond acceptors (Lipinski definition) is 5. The van der Waals surface area contributed by atoms with Gasteiger partial charge in [-0.3, -0.25) is 4.79 Å². The zero-order chi connectivity index (χ0) is 19.9. The van der Waals surface area contributed by atoms with Crippen molar-refractivity contribution >= 4 is 17.7 Å². The van der Waals surface area contributed by atoms with Crippen LogP contribution in [-0.4, -0.2) is 23.8 Å². The van der Waals surface area contributed by atoms with Crippen molar-refractivity contribution in [2.45, 2.75) is 26.1 Å². The molecule has 1 N–H and O–H groups in total. The van der Waals surface area contributed by atoms with E-state index in [9.17, 15) is 4.79 Å². The number of oxazole rings is 1. The number of carbonyl (C=O) groups excluding carboxylic acids is 1. The van der Waals surface area contributed by atoms with Gasteiger partial charge in [-0.15, -0.1) is 11.8 Å². The number of aromatic nitrogens is 1. The largest absolute Gasteiger partial charge is 0.496 e. The first-order chi connectivity index (χ1) is 13.6. The van der Waals surface area contributed by atoms with Gasteiger partial charge in [0, 0.05) is 23.4 Å². The summed E-state index contributed by atoms with van der Waals surface area (Å²) in [4.78, 5) is 16.8. The molecule has 0 saturated heterocycles. The summed E-state index contributed by atoms with van der Waals surface area (Å²) < 4.78 is 11.1. The Morgan fingerprint density at radius 3 is 2.68 bits per heavy atom. The summed E-state index contributed by atoms with van der Waals surface area (Å²) in [6, 6.07) is 15.7. The molecule has 1 heterocycles. The van der Waals surface area contributed by atoms with Gasteiger partial charge in [-0.2, -0.15) is 0 Å². The highest BCUT2D eigenvalue weighted by atomic mass is 32.2. The number of nitrogens with zero attached hydrogens (tertiary/aromatic N) is 1. The molecule has 0 aliphatic carbocycles. The zero-order valence-electron chi connectivity index (χ0n) is 16.3. The fraction of sp³-hybridized carbons (Fsp3) is 0.273. The van der Waals surface area contributed by atoms with E-state index in [2.05, 4.69) is 10.3 Å². The Balaban J connectivity index is 1.51. The highest BCUT2D eigenvalue weighted by Gasteiger charge is 2.13. The average molecular weight is 397 g/mol. The van der Waals surface area contributed by atoms with Crippen LogP contribution in [0.2, 0.25) is 0 Å². The minimum Gasteiger partial charge on any atom is -0.496 e. The lowest BCUT2D eigenvalue weighted by Crippen LogP contribution is -2.24. The lowest BCUT2D eigenvalue weighted by Gasteiger charge is -2.09. The molecular weight excluding hydrogens is 372 g/mol. The smallest absolute Gasteiger partial charge is 0.230 e. The minimum absolute atomic E-state index is 0.0174. The van der Waals surface area contributed by atoms with Gasteiger partial charge in [0.15, 0.2) is 0 Å². The molecule has 1 aromatic heterocycles. The standard InChI is InChI=1S/C22H24N2O3S/c1-15-8-4-6-10-18(15)22-24-19(16(2)27-22)13-28-14-21(25)23-12-17-9-5-7-11-20(17)26-3/h4-11H,12-14H2,1-3H3,(H,23,25). The van der Waals surface area contributed by atoms with E-state index in [-0.39, 0.29) is 5.91 Å². The number of benzene rings is 2. The van der Waals surface area contributed by atoms with Crippen LogP contribution < -0.4 is 10.1 Å². The minimum atomic E-state index is -0.0174. The first kappa shape index (κ1) is 20.0. The second-order valence-electron chi connectivity index (χ2n) is 6.42. The van der Waals surface area contributed by atoms with Crippen LogP contribution in [0.4, 0.5) is 0 Å². The number of hydrogen-bond donors (Lipinski definition) is 1. The predicted octanol–water partition coefficient (Wildman–Crippen LogP) is 4.52. The molecule has 0 unspecified atom stereocenters. The van der Waals surface area contributed by atoms with Crippen molar-refractivity contribution in [2.24, 2.45) is 0 Å². The number of methoxy groups -OCH3 is 1. The van der Waals surface area contributed by atoms with Gasteiger partial charge in [0.2, 0.25) is 11.8 Å². The number of carbonyl (C=O) groups is 1. The maximum atomic E-state index is 12.1. The van der Waals surface area contributed by atoms with E-state index >= 15 is 0 Å². The first-order valence-corrected chi connectivity index (χ1v) is 10.2. The number of aryl methyl sites for hydroxylation is 2. The fourth-order valence-corrected chi connectivity index (χ4v) is 3.67. The van der Waals surface area contributed by atoms with E-state index in [1.165, 1.54) is 11.8 Å². The SMILES string of the molecule is COc1ccccc1CNC(=O)CSCc1nc(-c2ccccc2C)oc1C. The highest BCUT2D eigenvalue weighted by molar-refractivity contribution is 7.99. The van der Waals surface area contributed by atoms with Gasteiger partial charge in [-0.25, -0.2) is 4.98 Å². The summed E-state index contributed by atoms with van der Waals surface area (Å²) in [7, 11) is 1.63. The first-order valence-electron chi connectivity index (χ1n) is 9.07. The summed E-state index contributed by atoms with van der Waals surface area (Å²) in [6.45, 7) is 4.39. The Hall–Kier alpha value is -2.73. The van der Waals surface area contributed by atoms with E-state index in [0.717, 1.165) is 33.9 Å². The number of rotatable bonds is 8. The lowest BCUT2D eigenvalue weighted by atomic mass is 10.1. The van der Waals surface area contributed by atoms with Crippen LogP contribution in [0.3, 0.4) is 0 Å². The number of ether oxygens (including phenoxy) is 1. The van der Waals surface area contributed by atoms with E-state index in [1.807, 2.05) is 62.4 Å². The van der Waals surface area contributed by atoms with E-state index in [4.69, 9.17) is 9.15 Å². The molecule has 2 aromatic carbocycles. The van der Waals surface area contributed by atoms with Crippen molar-refractivity contribution < 1.29 is 13.9 Å². The van der Waals surface area contributed by atoms with Gasteiger partial charge in [0.1, 0.15) is 11.5 Å². The highest BCUT2D eigenvalue weighted by Crippen LogP contribution is 2.26. The molecule has 0 aliphatic rings. The van der Waals surface area contributed by atoms with Crippen LogP contribution in [0.5, 0.6) is 5.75 Å². The van der Waals surface area contributed by atoms with Gasteiger partial charge in [0.05, 0.1) is 18.6 Å². The van der Waals surface area contributed by atoms with Crippen LogP contribution in [0.25, 0.3) is 11.5 Å². The van der Waals surface area contributed by atoms with E-state index in [0.29, 0.717) is 23.9 Å². The quantitative estimate of drug-likeness (QED) is 0.607. The molecule has 0 bridgehead atoms. The Morgan fingerprint density at radius 1 is 1.14 bits per heavy atom. The summed E-state index contributed by atoms with van der Waals surface area (Å²) in [5, 5.41) is 2.93. The molecule has 3 aromatic rings. The maximum Gasteiger partial charge on any atom is 0.230 e.